The summed E-state index contributed by atoms with van der Waals surface area (Å²) in [5.74, 6) is -0.216. The molecule has 2 aliphatic heterocycles. The second-order valence-corrected chi connectivity index (χ2v) is 3.26. The molecular formula is C7H10N2O2. The number of hydrogen-bond donors (Lipinski definition) is 2. The van der Waals surface area contributed by atoms with Crippen molar-refractivity contribution in [2.24, 2.45) is 5.41 Å². The summed E-state index contributed by atoms with van der Waals surface area (Å²) >= 11 is 0. The number of carbonyl (C=O) groups is 2. The Bertz CT molecular complexity index is 218. The molecule has 2 rings (SSSR count). The first-order valence-electron chi connectivity index (χ1n) is 3.78. The molecule has 0 aromatic rings. The van der Waals surface area contributed by atoms with Gasteiger partial charge in [-0.2, -0.15) is 0 Å². The molecule has 2 heterocycles. The molecule has 0 aromatic heterocycles. The molecule has 2 aliphatic rings. The first kappa shape index (κ1) is 6.79. The van der Waals surface area contributed by atoms with Gasteiger partial charge in [0.2, 0.25) is 11.8 Å². The zero-order valence-electron chi connectivity index (χ0n) is 6.14. The standard InChI is InChI=1S/C7H10N2O2/c10-5-3-7(6(11)9-5)1-2-8-4-7/h8H,1-4H2,(H,9,10,11)/t7-/m0/s1. The zero-order valence-corrected chi connectivity index (χ0v) is 6.14. The lowest BCUT2D eigenvalue weighted by Gasteiger charge is -2.14. The average Bonchev–Trinajstić information content (AvgIpc) is 2.45. The van der Waals surface area contributed by atoms with Crippen LogP contribution in [0.25, 0.3) is 0 Å². The normalized spacial score (nSPS) is 36.7. The largest absolute Gasteiger partial charge is 0.316 e. The molecule has 0 aliphatic carbocycles. The van der Waals surface area contributed by atoms with Crippen LogP contribution in [0.4, 0.5) is 0 Å². The third-order valence-corrected chi connectivity index (χ3v) is 2.48. The van der Waals surface area contributed by atoms with Gasteiger partial charge in [-0.25, -0.2) is 0 Å². The molecule has 1 atom stereocenters. The van der Waals surface area contributed by atoms with Gasteiger partial charge in [0, 0.05) is 13.0 Å². The lowest BCUT2D eigenvalue weighted by molar-refractivity contribution is -0.128. The maximum atomic E-state index is 11.2. The van der Waals surface area contributed by atoms with Gasteiger partial charge in [0.1, 0.15) is 0 Å². The van der Waals surface area contributed by atoms with Crippen LogP contribution in [0.2, 0.25) is 0 Å². The molecule has 2 saturated heterocycles. The number of carbonyl (C=O) groups excluding carboxylic acids is 2. The van der Waals surface area contributed by atoms with Crippen molar-refractivity contribution in [3.05, 3.63) is 0 Å². The summed E-state index contributed by atoms with van der Waals surface area (Å²) in [6, 6.07) is 0. The lowest BCUT2D eigenvalue weighted by Crippen LogP contribution is -2.33. The van der Waals surface area contributed by atoms with E-state index in [9.17, 15) is 9.59 Å². The van der Waals surface area contributed by atoms with Crippen LogP contribution in [0.3, 0.4) is 0 Å². The quantitative estimate of drug-likeness (QED) is 0.440. The molecule has 2 N–H and O–H groups in total. The molecule has 2 fully saturated rings. The highest BCUT2D eigenvalue weighted by molar-refractivity contribution is 6.06. The minimum atomic E-state index is -0.392. The molecule has 11 heavy (non-hydrogen) atoms. The fourth-order valence-corrected chi connectivity index (χ4v) is 1.78. The summed E-state index contributed by atoms with van der Waals surface area (Å²) < 4.78 is 0. The van der Waals surface area contributed by atoms with Crippen molar-refractivity contribution in [1.29, 1.82) is 0 Å². The van der Waals surface area contributed by atoms with Crippen LogP contribution in [-0.4, -0.2) is 24.9 Å². The van der Waals surface area contributed by atoms with Crippen LogP contribution >= 0.6 is 0 Å². The van der Waals surface area contributed by atoms with E-state index in [1.165, 1.54) is 0 Å². The minimum absolute atomic E-state index is 0.0903. The second-order valence-electron chi connectivity index (χ2n) is 3.26. The second kappa shape index (κ2) is 2.04. The van der Waals surface area contributed by atoms with E-state index in [4.69, 9.17) is 0 Å². The topological polar surface area (TPSA) is 58.2 Å². The van der Waals surface area contributed by atoms with Crippen LogP contribution in [0.15, 0.2) is 0 Å². The first-order valence-corrected chi connectivity index (χ1v) is 3.78. The van der Waals surface area contributed by atoms with Gasteiger partial charge in [-0.3, -0.25) is 14.9 Å². The Balaban J connectivity index is 2.24. The Morgan fingerprint density at radius 2 is 2.18 bits per heavy atom. The van der Waals surface area contributed by atoms with Gasteiger partial charge in [0.05, 0.1) is 5.41 Å². The van der Waals surface area contributed by atoms with E-state index in [2.05, 4.69) is 10.6 Å². The molecular weight excluding hydrogens is 144 g/mol. The third-order valence-electron chi connectivity index (χ3n) is 2.48. The van der Waals surface area contributed by atoms with E-state index in [-0.39, 0.29) is 11.8 Å². The molecule has 0 bridgehead atoms. The van der Waals surface area contributed by atoms with E-state index in [0.29, 0.717) is 13.0 Å². The van der Waals surface area contributed by atoms with Crippen molar-refractivity contribution < 1.29 is 9.59 Å². The van der Waals surface area contributed by atoms with Crippen molar-refractivity contribution >= 4 is 11.8 Å². The van der Waals surface area contributed by atoms with Crippen molar-refractivity contribution in [2.75, 3.05) is 13.1 Å². The highest BCUT2D eigenvalue weighted by atomic mass is 16.2. The first-order chi connectivity index (χ1) is 5.23. The zero-order chi connectivity index (χ0) is 7.90. The number of amides is 2. The van der Waals surface area contributed by atoms with Crippen LogP contribution in [0.5, 0.6) is 0 Å². The number of imide groups is 1. The van der Waals surface area contributed by atoms with Crippen LogP contribution in [0.1, 0.15) is 12.8 Å². The van der Waals surface area contributed by atoms with Gasteiger partial charge >= 0.3 is 0 Å². The Kier molecular flexibility index (Phi) is 1.26. The molecule has 0 radical (unpaired) electrons. The number of nitrogens with one attached hydrogen (secondary N) is 2. The summed E-state index contributed by atoms with van der Waals surface area (Å²) in [7, 11) is 0. The fraction of sp³-hybridized carbons (Fsp3) is 0.714. The Hall–Kier alpha value is -0.900. The third kappa shape index (κ3) is 0.860. The smallest absolute Gasteiger partial charge is 0.234 e. The molecule has 1 spiro atoms. The number of hydrogen-bond acceptors (Lipinski definition) is 3. The van der Waals surface area contributed by atoms with Gasteiger partial charge in [-0.15, -0.1) is 0 Å². The SMILES string of the molecule is O=C1C[C@]2(CCNC2)C(=O)N1. The molecule has 60 valence electrons. The van der Waals surface area contributed by atoms with E-state index in [1.54, 1.807) is 0 Å². The molecule has 2 amide bonds. The fourth-order valence-electron chi connectivity index (χ4n) is 1.78. The highest BCUT2D eigenvalue weighted by Crippen LogP contribution is 2.33. The van der Waals surface area contributed by atoms with Crippen LogP contribution in [0, 0.1) is 5.41 Å². The van der Waals surface area contributed by atoms with Gasteiger partial charge in [0.15, 0.2) is 0 Å². The van der Waals surface area contributed by atoms with E-state index >= 15 is 0 Å². The predicted molar refractivity (Wildman–Crippen MR) is 37.7 cm³/mol. The summed E-state index contributed by atoms with van der Waals surface area (Å²) in [4.78, 5) is 22.1. The van der Waals surface area contributed by atoms with Crippen LogP contribution < -0.4 is 10.6 Å². The van der Waals surface area contributed by atoms with Gasteiger partial charge in [-0.05, 0) is 13.0 Å². The van der Waals surface area contributed by atoms with Crippen molar-refractivity contribution in [3.8, 4) is 0 Å². The predicted octanol–water partition coefficient (Wildman–Crippen LogP) is -0.987. The molecule has 0 unspecified atom stereocenters. The molecule has 0 aromatic carbocycles. The number of rotatable bonds is 0. The average molecular weight is 154 g/mol. The van der Waals surface area contributed by atoms with Gasteiger partial charge in [-0.1, -0.05) is 0 Å². The highest BCUT2D eigenvalue weighted by Gasteiger charge is 2.48. The summed E-state index contributed by atoms with van der Waals surface area (Å²) in [6.45, 7) is 1.51. The Labute approximate surface area is 64.3 Å². The molecule has 4 nitrogen and oxygen atoms in total. The summed E-state index contributed by atoms with van der Waals surface area (Å²) in [5.41, 5.74) is -0.392. The van der Waals surface area contributed by atoms with Crippen molar-refractivity contribution in [2.45, 2.75) is 12.8 Å². The van der Waals surface area contributed by atoms with Crippen LogP contribution in [-0.2, 0) is 9.59 Å². The maximum Gasteiger partial charge on any atom is 0.234 e. The van der Waals surface area contributed by atoms with E-state index in [0.717, 1.165) is 13.0 Å². The lowest BCUT2D eigenvalue weighted by atomic mass is 9.86. The van der Waals surface area contributed by atoms with E-state index in [1.807, 2.05) is 0 Å². The summed E-state index contributed by atoms with van der Waals surface area (Å²) in [6.07, 6.45) is 1.17. The monoisotopic (exact) mass is 154 g/mol. The molecule has 4 heteroatoms. The Morgan fingerprint density at radius 1 is 1.36 bits per heavy atom. The van der Waals surface area contributed by atoms with E-state index < -0.39 is 5.41 Å². The maximum absolute atomic E-state index is 11.2. The van der Waals surface area contributed by atoms with Crippen molar-refractivity contribution in [1.82, 2.24) is 10.6 Å². The van der Waals surface area contributed by atoms with Gasteiger partial charge < -0.3 is 5.32 Å². The Morgan fingerprint density at radius 3 is 2.64 bits per heavy atom. The molecule has 0 saturated carbocycles. The summed E-state index contributed by atoms with van der Waals surface area (Å²) in [5, 5.41) is 5.42. The minimum Gasteiger partial charge on any atom is -0.316 e. The van der Waals surface area contributed by atoms with Crippen molar-refractivity contribution in [3.63, 3.8) is 0 Å². The van der Waals surface area contributed by atoms with Gasteiger partial charge in [0.25, 0.3) is 0 Å².